The summed E-state index contributed by atoms with van der Waals surface area (Å²) < 4.78 is 3.62. The fourth-order valence-corrected chi connectivity index (χ4v) is 4.77. The molecule has 9 heteroatoms. The molecule has 3 aromatic heterocycles. The number of rotatable bonds is 3. The monoisotopic (exact) mass is 421 g/mol. The standard InChI is InChI=1S/C16H16BrN5O2S/c1-8-11(17)6-21(19-8)7-13(23)20-22-9(2)18-15-14(16(22)24)10-4-3-5-12(10)25-15/h6H,3-5,7H2,1-2H3,(H,20,23). The second kappa shape index (κ2) is 6.06. The van der Waals surface area contributed by atoms with Gasteiger partial charge in [0, 0.05) is 11.1 Å². The lowest BCUT2D eigenvalue weighted by molar-refractivity contribution is -0.117. The Labute approximate surface area is 155 Å². The van der Waals surface area contributed by atoms with Crippen LogP contribution >= 0.6 is 27.3 Å². The number of halogens is 1. The van der Waals surface area contributed by atoms with Gasteiger partial charge in [0.25, 0.3) is 11.5 Å². The molecule has 0 unspecified atom stereocenters. The summed E-state index contributed by atoms with van der Waals surface area (Å²) in [5.41, 5.74) is 4.37. The first kappa shape index (κ1) is 16.5. The summed E-state index contributed by atoms with van der Waals surface area (Å²) in [7, 11) is 0. The largest absolute Gasteiger partial charge is 0.281 e. The number of aryl methyl sites for hydroxylation is 4. The number of aromatic nitrogens is 4. The Balaban J connectivity index is 1.67. The van der Waals surface area contributed by atoms with Crippen LogP contribution in [0.5, 0.6) is 0 Å². The van der Waals surface area contributed by atoms with Gasteiger partial charge in [-0.25, -0.2) is 9.66 Å². The van der Waals surface area contributed by atoms with Crippen molar-refractivity contribution in [1.82, 2.24) is 19.4 Å². The highest BCUT2D eigenvalue weighted by molar-refractivity contribution is 9.10. The van der Waals surface area contributed by atoms with Crippen LogP contribution in [0.25, 0.3) is 10.2 Å². The van der Waals surface area contributed by atoms with E-state index in [4.69, 9.17) is 0 Å². The van der Waals surface area contributed by atoms with Gasteiger partial charge in [-0.2, -0.15) is 5.10 Å². The van der Waals surface area contributed by atoms with Gasteiger partial charge in [0.15, 0.2) is 0 Å². The van der Waals surface area contributed by atoms with Crippen molar-refractivity contribution in [3.05, 3.63) is 43.0 Å². The molecule has 7 nitrogen and oxygen atoms in total. The number of nitrogens with one attached hydrogen (secondary N) is 1. The zero-order valence-electron chi connectivity index (χ0n) is 13.8. The van der Waals surface area contributed by atoms with Gasteiger partial charge in [-0.1, -0.05) is 0 Å². The predicted octanol–water partition coefficient (Wildman–Crippen LogP) is 2.29. The summed E-state index contributed by atoms with van der Waals surface area (Å²) in [6.07, 6.45) is 4.72. The first-order valence-corrected chi connectivity index (χ1v) is 9.58. The van der Waals surface area contributed by atoms with Gasteiger partial charge in [0.2, 0.25) is 0 Å². The molecular weight excluding hydrogens is 406 g/mol. The SMILES string of the molecule is Cc1nn(CC(=O)Nn2c(C)nc3sc4c(c3c2=O)CCC4)cc1Br. The fraction of sp³-hybridized carbons (Fsp3) is 0.375. The molecule has 25 heavy (non-hydrogen) atoms. The van der Waals surface area contributed by atoms with Crippen molar-refractivity contribution in [2.24, 2.45) is 0 Å². The van der Waals surface area contributed by atoms with E-state index >= 15 is 0 Å². The maximum atomic E-state index is 12.9. The van der Waals surface area contributed by atoms with Crippen molar-refractivity contribution >= 4 is 43.4 Å². The second-order valence-electron chi connectivity index (χ2n) is 6.13. The van der Waals surface area contributed by atoms with Crippen LogP contribution in [0, 0.1) is 13.8 Å². The van der Waals surface area contributed by atoms with Crippen LogP contribution in [0.2, 0.25) is 0 Å². The molecule has 4 rings (SSSR count). The summed E-state index contributed by atoms with van der Waals surface area (Å²) in [5.74, 6) is 0.150. The highest BCUT2D eigenvalue weighted by atomic mass is 79.9. The van der Waals surface area contributed by atoms with Crippen molar-refractivity contribution in [3.63, 3.8) is 0 Å². The molecule has 3 aromatic rings. The molecule has 130 valence electrons. The molecule has 0 radical (unpaired) electrons. The number of carbonyl (C=O) groups is 1. The number of nitrogens with zero attached hydrogens (tertiary/aromatic N) is 4. The molecular formula is C16H16BrN5O2S. The average Bonchev–Trinajstić information content (AvgIpc) is 3.19. The molecule has 0 atom stereocenters. The molecule has 0 aromatic carbocycles. The van der Waals surface area contributed by atoms with Gasteiger partial charge in [-0.15, -0.1) is 11.3 Å². The minimum Gasteiger partial charge on any atom is -0.271 e. The minimum absolute atomic E-state index is 0.0259. The number of thiophene rings is 1. The lowest BCUT2D eigenvalue weighted by Gasteiger charge is -2.11. The summed E-state index contributed by atoms with van der Waals surface area (Å²) in [6, 6.07) is 0. The lowest BCUT2D eigenvalue weighted by Crippen LogP contribution is -2.37. The van der Waals surface area contributed by atoms with E-state index in [1.54, 1.807) is 24.5 Å². The fourth-order valence-electron chi connectivity index (χ4n) is 3.16. The van der Waals surface area contributed by atoms with E-state index in [0.717, 1.165) is 39.8 Å². The lowest BCUT2D eigenvalue weighted by atomic mass is 10.2. The summed E-state index contributed by atoms with van der Waals surface area (Å²) in [5, 5.41) is 4.89. The third-order valence-corrected chi connectivity index (χ3v) is 6.30. The van der Waals surface area contributed by atoms with E-state index in [2.05, 4.69) is 31.4 Å². The Morgan fingerprint density at radius 1 is 1.40 bits per heavy atom. The van der Waals surface area contributed by atoms with E-state index in [9.17, 15) is 9.59 Å². The van der Waals surface area contributed by atoms with Gasteiger partial charge in [-0.05, 0) is 54.6 Å². The summed E-state index contributed by atoms with van der Waals surface area (Å²) in [6.45, 7) is 3.60. The molecule has 0 fully saturated rings. The van der Waals surface area contributed by atoms with E-state index in [1.807, 2.05) is 6.92 Å². The molecule has 1 N–H and O–H groups in total. The van der Waals surface area contributed by atoms with Crippen molar-refractivity contribution in [2.75, 3.05) is 5.43 Å². The molecule has 1 aliphatic rings. The van der Waals surface area contributed by atoms with Gasteiger partial charge in [-0.3, -0.25) is 19.7 Å². The first-order chi connectivity index (χ1) is 11.9. The Morgan fingerprint density at radius 3 is 2.92 bits per heavy atom. The summed E-state index contributed by atoms with van der Waals surface area (Å²) in [4.78, 5) is 31.8. The van der Waals surface area contributed by atoms with Crippen molar-refractivity contribution < 1.29 is 4.79 Å². The molecule has 3 heterocycles. The Morgan fingerprint density at radius 2 is 2.20 bits per heavy atom. The maximum absolute atomic E-state index is 12.9. The Hall–Kier alpha value is -2.00. The number of amides is 1. The van der Waals surface area contributed by atoms with Crippen LogP contribution in [-0.4, -0.2) is 25.3 Å². The molecule has 0 spiro atoms. The van der Waals surface area contributed by atoms with E-state index in [1.165, 1.54) is 14.2 Å². The Bertz CT molecular complexity index is 1050. The zero-order valence-corrected chi connectivity index (χ0v) is 16.2. The third-order valence-electron chi connectivity index (χ3n) is 4.34. The van der Waals surface area contributed by atoms with E-state index < -0.39 is 0 Å². The number of fused-ring (bicyclic) bond motifs is 3. The van der Waals surface area contributed by atoms with E-state index in [0.29, 0.717) is 11.2 Å². The Kier molecular flexibility index (Phi) is 3.99. The van der Waals surface area contributed by atoms with Gasteiger partial charge < -0.3 is 0 Å². The molecule has 1 aliphatic carbocycles. The topological polar surface area (TPSA) is 81.8 Å². The van der Waals surface area contributed by atoms with Crippen molar-refractivity contribution in [1.29, 1.82) is 0 Å². The van der Waals surface area contributed by atoms with Crippen LogP contribution in [-0.2, 0) is 24.2 Å². The second-order valence-corrected chi connectivity index (χ2v) is 8.07. The van der Waals surface area contributed by atoms with Crippen LogP contribution in [0.4, 0.5) is 0 Å². The van der Waals surface area contributed by atoms with Crippen LogP contribution in [0.15, 0.2) is 15.5 Å². The molecule has 0 saturated heterocycles. The first-order valence-electron chi connectivity index (χ1n) is 7.97. The zero-order chi connectivity index (χ0) is 17.7. The van der Waals surface area contributed by atoms with Crippen LogP contribution in [0.1, 0.15) is 28.4 Å². The molecule has 1 amide bonds. The highest BCUT2D eigenvalue weighted by Crippen LogP contribution is 2.34. The van der Waals surface area contributed by atoms with Crippen LogP contribution < -0.4 is 11.0 Å². The van der Waals surface area contributed by atoms with Gasteiger partial charge in [0.05, 0.1) is 15.6 Å². The van der Waals surface area contributed by atoms with Crippen molar-refractivity contribution in [2.45, 2.75) is 39.7 Å². The maximum Gasteiger partial charge on any atom is 0.281 e. The number of carbonyl (C=O) groups excluding carboxylic acids is 1. The minimum atomic E-state index is -0.326. The molecule has 0 bridgehead atoms. The predicted molar refractivity (Wildman–Crippen MR) is 99.7 cm³/mol. The van der Waals surface area contributed by atoms with Gasteiger partial charge in [0.1, 0.15) is 17.2 Å². The van der Waals surface area contributed by atoms with Crippen LogP contribution in [0.3, 0.4) is 0 Å². The highest BCUT2D eigenvalue weighted by Gasteiger charge is 2.23. The third kappa shape index (κ3) is 2.81. The quantitative estimate of drug-likeness (QED) is 0.703. The van der Waals surface area contributed by atoms with Crippen molar-refractivity contribution in [3.8, 4) is 0 Å². The van der Waals surface area contributed by atoms with E-state index in [-0.39, 0.29) is 18.0 Å². The molecule has 0 saturated carbocycles. The number of hydrogen-bond donors (Lipinski definition) is 1. The normalized spacial score (nSPS) is 13.4. The van der Waals surface area contributed by atoms with Gasteiger partial charge >= 0.3 is 0 Å². The number of hydrogen-bond acceptors (Lipinski definition) is 5. The average molecular weight is 422 g/mol. The molecule has 0 aliphatic heterocycles. The summed E-state index contributed by atoms with van der Waals surface area (Å²) >= 11 is 4.96. The smallest absolute Gasteiger partial charge is 0.271 e.